The molecule has 2 heterocycles. The number of nitrogens with zero attached hydrogens (tertiary/aromatic N) is 3. The predicted molar refractivity (Wildman–Crippen MR) is 112 cm³/mol. The van der Waals surface area contributed by atoms with Crippen molar-refractivity contribution in [3.05, 3.63) is 47.2 Å². The first-order valence-corrected chi connectivity index (χ1v) is 11.1. The van der Waals surface area contributed by atoms with Gasteiger partial charge in [-0.15, -0.1) is 0 Å². The molecule has 0 saturated carbocycles. The molecule has 0 radical (unpaired) electrons. The second-order valence-corrected chi connectivity index (χ2v) is 8.60. The number of rotatable bonds is 7. The summed E-state index contributed by atoms with van der Waals surface area (Å²) in [6, 6.07) is 9.52. The minimum Gasteiger partial charge on any atom is -0.477 e. The maximum absolute atomic E-state index is 12.7. The van der Waals surface area contributed by atoms with Crippen LogP contribution in [0.15, 0.2) is 35.2 Å². The largest absolute Gasteiger partial charge is 0.477 e. The number of pyridine rings is 1. The SMILES string of the molecule is CCOc1nc(C(=O)NCc2ccc(S(=O)(=O)N3CCOCC3)cc2)cc(N)c1C#N. The summed E-state index contributed by atoms with van der Waals surface area (Å²) in [5.41, 5.74) is 6.74. The van der Waals surface area contributed by atoms with Gasteiger partial charge in [0.2, 0.25) is 15.9 Å². The highest BCUT2D eigenvalue weighted by Gasteiger charge is 2.26. The molecule has 3 rings (SSSR count). The summed E-state index contributed by atoms with van der Waals surface area (Å²) < 4.78 is 37.2. The average Bonchev–Trinajstić information content (AvgIpc) is 2.78. The van der Waals surface area contributed by atoms with E-state index in [-0.39, 0.29) is 40.9 Å². The van der Waals surface area contributed by atoms with E-state index in [0.29, 0.717) is 31.9 Å². The number of carbonyl (C=O) groups excluding carboxylic acids is 1. The molecule has 2 aromatic rings. The van der Waals surface area contributed by atoms with Crippen molar-refractivity contribution in [2.24, 2.45) is 0 Å². The predicted octanol–water partition coefficient (Wildman–Crippen LogP) is 0.885. The fourth-order valence-electron chi connectivity index (χ4n) is 3.00. The highest BCUT2D eigenvalue weighted by Crippen LogP contribution is 2.23. The van der Waals surface area contributed by atoms with Gasteiger partial charge in [-0.3, -0.25) is 4.79 Å². The molecule has 0 atom stereocenters. The Kier molecular flexibility index (Phi) is 7.06. The van der Waals surface area contributed by atoms with Crippen molar-refractivity contribution in [2.45, 2.75) is 18.4 Å². The van der Waals surface area contributed by atoms with E-state index in [9.17, 15) is 13.2 Å². The Labute approximate surface area is 180 Å². The molecule has 3 N–H and O–H groups in total. The fraction of sp³-hybridized carbons (Fsp3) is 0.350. The summed E-state index contributed by atoms with van der Waals surface area (Å²) in [5, 5.41) is 11.9. The Balaban J connectivity index is 1.68. The molecule has 31 heavy (non-hydrogen) atoms. The van der Waals surface area contributed by atoms with Crippen molar-refractivity contribution in [3.8, 4) is 11.9 Å². The van der Waals surface area contributed by atoms with Crippen molar-refractivity contribution in [3.63, 3.8) is 0 Å². The number of nitrogens with one attached hydrogen (secondary N) is 1. The first kappa shape index (κ1) is 22.5. The van der Waals surface area contributed by atoms with Gasteiger partial charge in [0.05, 0.1) is 30.4 Å². The van der Waals surface area contributed by atoms with Gasteiger partial charge in [0.1, 0.15) is 17.3 Å². The van der Waals surface area contributed by atoms with E-state index in [1.807, 2.05) is 6.07 Å². The van der Waals surface area contributed by atoms with Crippen LogP contribution in [0.2, 0.25) is 0 Å². The minimum atomic E-state index is -3.57. The summed E-state index contributed by atoms with van der Waals surface area (Å²) in [5.74, 6) is -0.491. The molecule has 0 aliphatic carbocycles. The minimum absolute atomic E-state index is 0.00724. The third-order valence-electron chi connectivity index (χ3n) is 4.63. The first-order chi connectivity index (χ1) is 14.9. The van der Waals surface area contributed by atoms with Gasteiger partial charge in [0.25, 0.3) is 5.91 Å². The molecule has 1 aliphatic heterocycles. The smallest absolute Gasteiger partial charge is 0.270 e. The molecule has 0 spiro atoms. The van der Waals surface area contributed by atoms with Crippen LogP contribution < -0.4 is 15.8 Å². The van der Waals surface area contributed by atoms with Gasteiger partial charge < -0.3 is 20.5 Å². The number of hydrogen-bond donors (Lipinski definition) is 2. The summed E-state index contributed by atoms with van der Waals surface area (Å²) >= 11 is 0. The monoisotopic (exact) mass is 445 g/mol. The highest BCUT2D eigenvalue weighted by atomic mass is 32.2. The Hall–Kier alpha value is -3.20. The Morgan fingerprint density at radius 3 is 2.61 bits per heavy atom. The number of anilines is 1. The lowest BCUT2D eigenvalue weighted by Crippen LogP contribution is -2.40. The van der Waals surface area contributed by atoms with E-state index in [1.165, 1.54) is 22.5 Å². The van der Waals surface area contributed by atoms with Gasteiger partial charge >= 0.3 is 0 Å². The van der Waals surface area contributed by atoms with Crippen molar-refractivity contribution in [1.29, 1.82) is 5.26 Å². The molecule has 0 bridgehead atoms. The van der Waals surface area contributed by atoms with Gasteiger partial charge in [0, 0.05) is 19.6 Å². The maximum atomic E-state index is 12.7. The summed E-state index contributed by atoms with van der Waals surface area (Å²) in [7, 11) is -3.57. The van der Waals surface area contributed by atoms with Gasteiger partial charge in [-0.1, -0.05) is 12.1 Å². The first-order valence-electron chi connectivity index (χ1n) is 9.65. The molecular weight excluding hydrogens is 422 g/mol. The van der Waals surface area contributed by atoms with E-state index in [0.717, 1.165) is 0 Å². The fourth-order valence-corrected chi connectivity index (χ4v) is 4.41. The van der Waals surface area contributed by atoms with Crippen molar-refractivity contribution < 1.29 is 22.7 Å². The molecular formula is C20H23N5O5S. The molecule has 1 amide bonds. The topological polar surface area (TPSA) is 148 Å². The second kappa shape index (κ2) is 9.74. The molecule has 1 aliphatic rings. The Morgan fingerprint density at radius 1 is 1.32 bits per heavy atom. The van der Waals surface area contributed by atoms with E-state index in [1.54, 1.807) is 19.1 Å². The number of carbonyl (C=O) groups is 1. The third-order valence-corrected chi connectivity index (χ3v) is 6.54. The lowest BCUT2D eigenvalue weighted by Gasteiger charge is -2.26. The van der Waals surface area contributed by atoms with Gasteiger partial charge in [-0.05, 0) is 30.7 Å². The molecule has 1 fully saturated rings. The average molecular weight is 446 g/mol. The Morgan fingerprint density at radius 2 is 2.00 bits per heavy atom. The standard InChI is InChI=1S/C20H23N5O5S/c1-2-30-20-16(12-21)17(22)11-18(24-20)19(26)23-13-14-3-5-15(6-4-14)31(27,28)25-7-9-29-10-8-25/h3-6,11H,2,7-10,13H2,1H3,(H2,22,24)(H,23,26). The number of morpholine rings is 1. The molecule has 164 valence electrons. The number of benzene rings is 1. The molecule has 10 nitrogen and oxygen atoms in total. The third kappa shape index (κ3) is 5.11. The van der Waals surface area contributed by atoms with Crippen LogP contribution in [0.5, 0.6) is 5.88 Å². The van der Waals surface area contributed by atoms with Crippen LogP contribution in [0.4, 0.5) is 5.69 Å². The number of aromatic nitrogens is 1. The molecule has 1 aromatic heterocycles. The number of ether oxygens (including phenoxy) is 2. The van der Waals surface area contributed by atoms with Gasteiger partial charge in [-0.25, -0.2) is 13.4 Å². The molecule has 0 unspecified atom stereocenters. The van der Waals surface area contributed by atoms with Gasteiger partial charge in [0.15, 0.2) is 0 Å². The van der Waals surface area contributed by atoms with Crippen LogP contribution in [0.1, 0.15) is 28.5 Å². The van der Waals surface area contributed by atoms with Crippen LogP contribution in [-0.4, -0.2) is 56.5 Å². The summed E-state index contributed by atoms with van der Waals surface area (Å²) in [6.07, 6.45) is 0. The molecule has 1 aromatic carbocycles. The van der Waals surface area contributed by atoms with Gasteiger partial charge in [-0.2, -0.15) is 9.57 Å². The maximum Gasteiger partial charge on any atom is 0.270 e. The normalized spacial score (nSPS) is 14.6. The van der Waals surface area contributed by atoms with Crippen LogP contribution in [0.3, 0.4) is 0 Å². The zero-order chi connectivity index (χ0) is 22.4. The number of nitrogens with two attached hydrogens (primary N) is 1. The number of amides is 1. The van der Waals surface area contributed by atoms with Crippen LogP contribution in [0, 0.1) is 11.3 Å². The highest BCUT2D eigenvalue weighted by molar-refractivity contribution is 7.89. The van der Waals surface area contributed by atoms with E-state index in [2.05, 4.69) is 10.3 Å². The quantitative estimate of drug-likeness (QED) is 0.638. The lowest BCUT2D eigenvalue weighted by atomic mass is 10.2. The molecule has 1 saturated heterocycles. The zero-order valence-corrected chi connectivity index (χ0v) is 17.8. The number of nitriles is 1. The summed E-state index contributed by atoms with van der Waals surface area (Å²) in [6.45, 7) is 3.56. The van der Waals surface area contributed by atoms with Crippen molar-refractivity contribution in [2.75, 3.05) is 38.6 Å². The number of sulfonamides is 1. The van der Waals surface area contributed by atoms with E-state index in [4.69, 9.17) is 20.5 Å². The summed E-state index contributed by atoms with van der Waals surface area (Å²) in [4.78, 5) is 16.7. The second-order valence-electron chi connectivity index (χ2n) is 6.66. The van der Waals surface area contributed by atoms with Crippen LogP contribution in [0.25, 0.3) is 0 Å². The van der Waals surface area contributed by atoms with Crippen LogP contribution in [-0.2, 0) is 21.3 Å². The van der Waals surface area contributed by atoms with Crippen molar-refractivity contribution >= 4 is 21.6 Å². The number of hydrogen-bond acceptors (Lipinski definition) is 8. The van der Waals surface area contributed by atoms with E-state index < -0.39 is 15.9 Å². The zero-order valence-electron chi connectivity index (χ0n) is 17.0. The lowest BCUT2D eigenvalue weighted by molar-refractivity contribution is 0.0730. The van der Waals surface area contributed by atoms with Crippen molar-refractivity contribution in [1.82, 2.24) is 14.6 Å². The molecule has 11 heteroatoms. The Bertz CT molecular complexity index is 1090. The number of nitrogen functional groups attached to an aromatic ring is 1. The van der Waals surface area contributed by atoms with E-state index >= 15 is 0 Å². The van der Waals surface area contributed by atoms with Crippen LogP contribution >= 0.6 is 0 Å².